The van der Waals surface area contributed by atoms with E-state index in [1.54, 1.807) is 6.07 Å². The van der Waals surface area contributed by atoms with Crippen LogP contribution < -0.4 is 11.1 Å². The maximum Gasteiger partial charge on any atom is 0.346 e. The molecule has 0 radical (unpaired) electrons. The molecule has 0 atom stereocenters. The summed E-state index contributed by atoms with van der Waals surface area (Å²) in [4.78, 5) is 27.1. The van der Waals surface area contributed by atoms with E-state index in [0.717, 1.165) is 11.9 Å². The Hall–Kier alpha value is -2.11. The zero-order chi connectivity index (χ0) is 14.5. The molecule has 0 bridgehead atoms. The van der Waals surface area contributed by atoms with Crippen molar-refractivity contribution in [1.82, 2.24) is 4.98 Å². The number of unbranched alkanes of at least 4 members (excludes halogenated alkanes) is 1. The molecule has 0 aliphatic carbocycles. The second-order valence-corrected chi connectivity index (χ2v) is 4.70. The van der Waals surface area contributed by atoms with E-state index in [2.05, 4.69) is 9.72 Å². The summed E-state index contributed by atoms with van der Waals surface area (Å²) in [7, 11) is 3.32. The van der Waals surface area contributed by atoms with Crippen LogP contribution in [0.25, 0.3) is 10.9 Å². The summed E-state index contributed by atoms with van der Waals surface area (Å²) < 4.78 is 9.75. The van der Waals surface area contributed by atoms with E-state index in [0.29, 0.717) is 36.1 Å². The van der Waals surface area contributed by atoms with Crippen LogP contribution >= 0.6 is 0 Å². The molecule has 1 aromatic carbocycles. The minimum atomic E-state index is -0.363. The van der Waals surface area contributed by atoms with E-state index in [4.69, 9.17) is 4.42 Å². The molecule has 6 heteroatoms. The summed E-state index contributed by atoms with van der Waals surface area (Å²) in [6, 6.07) is 5.45. The van der Waals surface area contributed by atoms with Crippen LogP contribution in [0.1, 0.15) is 25.2 Å². The lowest BCUT2D eigenvalue weighted by Crippen LogP contribution is -2.09. The second kappa shape index (κ2) is 6.37. The van der Waals surface area contributed by atoms with Crippen LogP contribution in [0.2, 0.25) is 0 Å². The van der Waals surface area contributed by atoms with Crippen LogP contribution in [0.4, 0.5) is 0 Å². The highest BCUT2D eigenvalue weighted by molar-refractivity contribution is 6.33. The zero-order valence-corrected chi connectivity index (χ0v) is 11.6. The molecule has 0 aliphatic heterocycles. The topological polar surface area (TPSA) is 69.4 Å². The van der Waals surface area contributed by atoms with Crippen molar-refractivity contribution in [3.63, 3.8) is 0 Å². The molecular weight excluding hydrogens is 257 g/mol. The number of aromatic nitrogens is 1. The number of fused-ring (bicyclic) bond motifs is 1. The Bertz CT molecular complexity index is 680. The number of carbonyl (C=O) groups is 1. The van der Waals surface area contributed by atoms with E-state index in [9.17, 15) is 9.59 Å². The van der Waals surface area contributed by atoms with Gasteiger partial charge in [-0.3, -0.25) is 4.79 Å². The summed E-state index contributed by atoms with van der Waals surface area (Å²) in [5, 5.41) is 0.494. The molecule has 0 amide bonds. The first kappa shape index (κ1) is 14.3. The number of nitrogens with zero attached hydrogens (tertiary/aromatic N) is 1. The van der Waals surface area contributed by atoms with Crippen molar-refractivity contribution < 1.29 is 13.9 Å². The third-order valence-corrected chi connectivity index (χ3v) is 3.08. The van der Waals surface area contributed by atoms with E-state index in [1.807, 2.05) is 20.0 Å². The number of hydrogen-bond acceptors (Lipinski definition) is 5. The van der Waals surface area contributed by atoms with Gasteiger partial charge in [0.1, 0.15) is 7.85 Å². The number of rotatable bonds is 5. The monoisotopic (exact) mass is 273 g/mol. The third kappa shape index (κ3) is 3.47. The number of methoxy groups -OCH3 is 1. The van der Waals surface area contributed by atoms with Gasteiger partial charge in [-0.25, -0.2) is 9.78 Å². The molecule has 104 valence electrons. The highest BCUT2D eigenvalue weighted by atomic mass is 16.5. The average molecular weight is 273 g/mol. The van der Waals surface area contributed by atoms with Crippen LogP contribution in [-0.2, 0) is 16.0 Å². The minimum Gasteiger partial charge on any atom is -0.469 e. The van der Waals surface area contributed by atoms with Crippen LogP contribution in [-0.4, -0.2) is 25.9 Å². The first-order valence-electron chi connectivity index (χ1n) is 6.57. The molecule has 2 aromatic rings. The molecule has 5 nitrogen and oxygen atoms in total. The highest BCUT2D eigenvalue weighted by Crippen LogP contribution is 2.09. The molecule has 0 N–H and O–H groups in total. The molecule has 1 heterocycles. The SMILES string of the molecule is Bc1ccc2c(=O)oc(CCCCC(=O)OC)nc2c1. The lowest BCUT2D eigenvalue weighted by Gasteiger charge is -2.02. The smallest absolute Gasteiger partial charge is 0.346 e. The molecule has 0 unspecified atom stereocenters. The van der Waals surface area contributed by atoms with Gasteiger partial charge in [0.15, 0.2) is 5.89 Å². The van der Waals surface area contributed by atoms with Crippen molar-refractivity contribution in [3.8, 4) is 0 Å². The fourth-order valence-corrected chi connectivity index (χ4v) is 1.98. The molecule has 0 saturated carbocycles. The van der Waals surface area contributed by atoms with Crippen molar-refractivity contribution in [3.05, 3.63) is 34.5 Å². The predicted octanol–water partition coefficient (Wildman–Crippen LogP) is 0.332. The van der Waals surface area contributed by atoms with Gasteiger partial charge in [-0.1, -0.05) is 11.5 Å². The molecule has 0 spiro atoms. The maximum atomic E-state index is 11.8. The summed E-state index contributed by atoms with van der Waals surface area (Å²) in [6.07, 6.45) is 2.32. The third-order valence-electron chi connectivity index (χ3n) is 3.08. The van der Waals surface area contributed by atoms with Crippen LogP contribution in [0.15, 0.2) is 27.4 Å². The summed E-state index contributed by atoms with van der Waals surface area (Å²) in [5.74, 6) is 0.187. The molecule has 0 saturated heterocycles. The van der Waals surface area contributed by atoms with Gasteiger partial charge in [-0.15, -0.1) is 0 Å². The molecule has 1 aromatic heterocycles. The van der Waals surface area contributed by atoms with Crippen LogP contribution in [0, 0.1) is 0 Å². The van der Waals surface area contributed by atoms with E-state index in [1.165, 1.54) is 7.11 Å². The number of ether oxygens (including phenoxy) is 1. The number of benzene rings is 1. The second-order valence-electron chi connectivity index (χ2n) is 4.70. The molecule has 0 fully saturated rings. The normalized spacial score (nSPS) is 10.7. The summed E-state index contributed by atoms with van der Waals surface area (Å²) in [5.41, 5.74) is 1.34. The molecular formula is C14H16BNO4. The number of carbonyl (C=O) groups excluding carboxylic acids is 1. The average Bonchev–Trinajstić information content (AvgIpc) is 2.42. The van der Waals surface area contributed by atoms with Gasteiger partial charge < -0.3 is 9.15 Å². The molecule has 20 heavy (non-hydrogen) atoms. The zero-order valence-electron chi connectivity index (χ0n) is 11.6. The summed E-state index contributed by atoms with van der Waals surface area (Å²) in [6.45, 7) is 0. The first-order chi connectivity index (χ1) is 9.60. The van der Waals surface area contributed by atoms with E-state index in [-0.39, 0.29) is 11.6 Å². The lowest BCUT2D eigenvalue weighted by molar-refractivity contribution is -0.140. The van der Waals surface area contributed by atoms with Gasteiger partial charge in [-0.2, -0.15) is 0 Å². The van der Waals surface area contributed by atoms with Gasteiger partial charge in [0.2, 0.25) is 0 Å². The van der Waals surface area contributed by atoms with Gasteiger partial charge in [0.25, 0.3) is 0 Å². The van der Waals surface area contributed by atoms with Crippen LogP contribution in [0.5, 0.6) is 0 Å². The Morgan fingerprint density at radius 2 is 2.20 bits per heavy atom. The van der Waals surface area contributed by atoms with Gasteiger partial charge in [0.05, 0.1) is 18.0 Å². The standard InChI is InChI=1S/C14H16BNO4/c1-19-13(17)5-3-2-4-12-16-11-8-9(15)6-7-10(11)14(18)20-12/h6-8H,2-5,15H2,1H3. The highest BCUT2D eigenvalue weighted by Gasteiger charge is 2.07. The Morgan fingerprint density at radius 1 is 1.40 bits per heavy atom. The number of aryl methyl sites for hydroxylation is 1. The van der Waals surface area contributed by atoms with E-state index >= 15 is 0 Å². The Labute approximate surface area is 117 Å². The van der Waals surface area contributed by atoms with E-state index < -0.39 is 0 Å². The van der Waals surface area contributed by atoms with Crippen molar-refractivity contribution in [2.24, 2.45) is 0 Å². The summed E-state index contributed by atoms with van der Waals surface area (Å²) >= 11 is 0. The van der Waals surface area contributed by atoms with Gasteiger partial charge >= 0.3 is 11.6 Å². The number of hydrogen-bond donors (Lipinski definition) is 0. The Morgan fingerprint density at radius 3 is 2.95 bits per heavy atom. The minimum absolute atomic E-state index is 0.228. The number of esters is 1. The fraction of sp³-hybridized carbons (Fsp3) is 0.357. The van der Waals surface area contributed by atoms with Gasteiger partial charge in [-0.05, 0) is 25.0 Å². The lowest BCUT2D eigenvalue weighted by atomic mass is 9.95. The molecule has 0 aliphatic rings. The van der Waals surface area contributed by atoms with Crippen molar-refractivity contribution >= 4 is 30.2 Å². The maximum absolute atomic E-state index is 11.8. The Balaban J connectivity index is 2.07. The first-order valence-corrected chi connectivity index (χ1v) is 6.57. The molecule has 2 rings (SSSR count). The quantitative estimate of drug-likeness (QED) is 0.446. The Kier molecular flexibility index (Phi) is 4.55. The fourth-order valence-electron chi connectivity index (χ4n) is 1.98. The predicted molar refractivity (Wildman–Crippen MR) is 78.0 cm³/mol. The van der Waals surface area contributed by atoms with Gasteiger partial charge in [0, 0.05) is 12.8 Å². The van der Waals surface area contributed by atoms with Crippen molar-refractivity contribution in [1.29, 1.82) is 0 Å². The largest absolute Gasteiger partial charge is 0.469 e. The van der Waals surface area contributed by atoms with Crippen molar-refractivity contribution in [2.45, 2.75) is 25.7 Å². The van der Waals surface area contributed by atoms with Crippen LogP contribution in [0.3, 0.4) is 0 Å². The van der Waals surface area contributed by atoms with Crippen molar-refractivity contribution in [2.75, 3.05) is 7.11 Å².